The fourth-order valence-electron chi connectivity index (χ4n) is 0.287. The molecule has 2 N–H and O–H groups in total. The molecule has 0 aromatic heterocycles. The van der Waals surface area contributed by atoms with Crippen LogP contribution < -0.4 is 7.75 Å². The van der Waals surface area contributed by atoms with E-state index in [1.807, 2.05) is 0 Å². The zero-order chi connectivity index (χ0) is 8.15. The zero-order valence-electron chi connectivity index (χ0n) is 5.63. The SMILES string of the molecule is CC(=O)[NH][W]([W])[NH]C(C)=O. The predicted octanol–water partition coefficient (Wildman–Crippen LogP) is -0.831. The molecule has 0 fully saturated rings. The van der Waals surface area contributed by atoms with Crippen molar-refractivity contribution < 1.29 is 41.2 Å². The third kappa shape index (κ3) is 6.44. The van der Waals surface area contributed by atoms with Crippen molar-refractivity contribution in [3.63, 3.8) is 0 Å². The Morgan fingerprint density at radius 1 is 1.20 bits per heavy atom. The molecule has 0 aliphatic carbocycles. The molecule has 0 aromatic rings. The maximum absolute atomic E-state index is 10.4. The average Bonchev–Trinajstić information content (AvgIpc) is 1.58. The molecule has 2 amide bonds. The summed E-state index contributed by atoms with van der Waals surface area (Å²) in [4.78, 5) is 20.9. The molecule has 0 aliphatic heterocycles. The second-order valence-corrected chi connectivity index (χ2v) is 14.8. The number of carbonyl (C=O) groups excluding carboxylic acids is 2. The molecule has 0 saturated carbocycles. The molecule has 0 radical (unpaired) electrons. The van der Waals surface area contributed by atoms with Gasteiger partial charge in [0.1, 0.15) is 0 Å². The van der Waals surface area contributed by atoms with Crippen molar-refractivity contribution in [2.24, 2.45) is 0 Å². The van der Waals surface area contributed by atoms with Crippen LogP contribution in [0.4, 0.5) is 0 Å². The molecule has 58 valence electrons. The quantitative estimate of drug-likeness (QED) is 0.539. The summed E-state index contributed by atoms with van der Waals surface area (Å²) in [5, 5.41) is 0. The van der Waals surface area contributed by atoms with Gasteiger partial charge in [0.2, 0.25) is 0 Å². The van der Waals surface area contributed by atoms with Gasteiger partial charge in [-0.2, -0.15) is 0 Å². The van der Waals surface area contributed by atoms with E-state index in [1.54, 1.807) is 0 Å². The van der Waals surface area contributed by atoms with Crippen molar-refractivity contribution in [2.45, 2.75) is 13.8 Å². The van der Waals surface area contributed by atoms with Gasteiger partial charge in [0.15, 0.2) is 0 Å². The Kier molecular flexibility index (Phi) is 5.19. The van der Waals surface area contributed by atoms with E-state index in [2.05, 4.69) is 7.75 Å². The van der Waals surface area contributed by atoms with Gasteiger partial charge in [-0.25, -0.2) is 0 Å². The first-order chi connectivity index (χ1) is 4.52. The molecule has 0 atom stereocenters. The van der Waals surface area contributed by atoms with Crippen LogP contribution in [0, 0.1) is 0 Å². The first-order valence-electron chi connectivity index (χ1n) is 2.48. The second kappa shape index (κ2) is 5.03. The van der Waals surface area contributed by atoms with Crippen molar-refractivity contribution >= 4 is 11.8 Å². The first-order valence-corrected chi connectivity index (χ1v) is 16.4. The Labute approximate surface area is 74.4 Å². The molecular formula is C4H8N2O2W2. The number of hydrogen-bond donors (Lipinski definition) is 2. The fraction of sp³-hybridized carbons (Fsp3) is 0.500. The number of nitrogens with one attached hydrogen (secondary N) is 2. The van der Waals surface area contributed by atoms with Gasteiger partial charge >= 0.3 is 74.6 Å². The van der Waals surface area contributed by atoms with Crippen LogP contribution in [0.25, 0.3) is 0 Å². The third-order valence-electron chi connectivity index (χ3n) is 0.473. The summed E-state index contributed by atoms with van der Waals surface area (Å²) in [6, 6.07) is 0. The molecule has 6 heteroatoms. The van der Waals surface area contributed by atoms with Crippen LogP contribution in [0.3, 0.4) is 0 Å². The van der Waals surface area contributed by atoms with Crippen LogP contribution in [0.1, 0.15) is 13.8 Å². The third-order valence-corrected chi connectivity index (χ3v) is 8.77. The Morgan fingerprint density at radius 3 is 1.70 bits per heavy atom. The van der Waals surface area contributed by atoms with E-state index in [-0.39, 0.29) is 11.8 Å². The molecule has 0 bridgehead atoms. The molecule has 0 rings (SSSR count). The predicted molar refractivity (Wildman–Crippen MR) is 27.6 cm³/mol. The Balaban J connectivity index is 3.53. The van der Waals surface area contributed by atoms with Crippen LogP contribution >= 0.6 is 0 Å². The standard InChI is InChI=1S/2C2H5NO.2W/c2*1-2(3)4;;/h2*1H3,(H2,3,4);;/q;;;+2/p-2. The van der Waals surface area contributed by atoms with Crippen molar-refractivity contribution in [1.29, 1.82) is 0 Å². The normalized spacial score (nSPS) is 9.10. The summed E-state index contributed by atoms with van der Waals surface area (Å²) in [5.41, 5.74) is 0. The van der Waals surface area contributed by atoms with Gasteiger partial charge in [-0.1, -0.05) is 0 Å². The van der Waals surface area contributed by atoms with Gasteiger partial charge in [0, 0.05) is 0 Å². The van der Waals surface area contributed by atoms with Gasteiger partial charge in [-0.05, 0) is 0 Å². The number of hydrogen-bond acceptors (Lipinski definition) is 2. The van der Waals surface area contributed by atoms with Crippen molar-refractivity contribution in [2.75, 3.05) is 0 Å². The summed E-state index contributed by atoms with van der Waals surface area (Å²) in [6.07, 6.45) is 0. The topological polar surface area (TPSA) is 58.2 Å². The molecule has 0 spiro atoms. The molecule has 10 heavy (non-hydrogen) atoms. The number of rotatable bonds is 2. The van der Waals surface area contributed by atoms with Crippen LogP contribution in [0.2, 0.25) is 0 Å². The van der Waals surface area contributed by atoms with Gasteiger partial charge in [-0.3, -0.25) is 0 Å². The number of amides is 2. The molecule has 0 saturated heterocycles. The number of carbonyl (C=O) groups is 2. The second-order valence-electron chi connectivity index (χ2n) is 1.59. The first kappa shape index (κ1) is 10.3. The summed E-state index contributed by atoms with van der Waals surface area (Å²) >= 11 is -0.622. The van der Waals surface area contributed by atoms with Crippen LogP contribution in [-0.2, 0) is 41.2 Å². The fourth-order valence-corrected chi connectivity index (χ4v) is 9.25. The van der Waals surface area contributed by atoms with Crippen LogP contribution in [0.15, 0.2) is 0 Å². The Hall–Kier alpha value is 0.317. The summed E-state index contributed by atoms with van der Waals surface area (Å²) in [6.45, 7) is 2.93. The molecule has 0 aromatic carbocycles. The van der Waals surface area contributed by atoms with E-state index in [1.165, 1.54) is 30.7 Å². The minimum atomic E-state index is -1.93. The Bertz CT molecular complexity index is 134. The molecule has 4 nitrogen and oxygen atoms in total. The van der Waals surface area contributed by atoms with E-state index >= 15 is 0 Å². The van der Waals surface area contributed by atoms with Crippen LogP contribution in [-0.4, -0.2) is 11.8 Å². The van der Waals surface area contributed by atoms with Gasteiger partial charge in [0.05, 0.1) is 0 Å². The van der Waals surface area contributed by atoms with E-state index < -0.39 is 14.8 Å². The molecular weight excluding hydrogens is 476 g/mol. The van der Waals surface area contributed by atoms with Crippen molar-refractivity contribution in [1.82, 2.24) is 7.75 Å². The van der Waals surface area contributed by atoms with Crippen molar-refractivity contribution in [3.8, 4) is 0 Å². The van der Waals surface area contributed by atoms with Gasteiger partial charge in [0.25, 0.3) is 0 Å². The van der Waals surface area contributed by atoms with E-state index in [0.29, 0.717) is 0 Å². The van der Waals surface area contributed by atoms with Gasteiger partial charge < -0.3 is 0 Å². The molecule has 0 heterocycles. The summed E-state index contributed by atoms with van der Waals surface area (Å²) in [5.74, 6) is -0.0887. The van der Waals surface area contributed by atoms with Crippen molar-refractivity contribution in [3.05, 3.63) is 0 Å². The zero-order valence-corrected chi connectivity index (χ0v) is 11.5. The summed E-state index contributed by atoms with van der Waals surface area (Å²) < 4.78 is 5.47. The molecule has 0 unspecified atom stereocenters. The Morgan fingerprint density at radius 2 is 1.50 bits per heavy atom. The minimum absolute atomic E-state index is 0.0444. The van der Waals surface area contributed by atoms with E-state index in [9.17, 15) is 9.59 Å². The average molecular weight is 484 g/mol. The van der Waals surface area contributed by atoms with E-state index in [0.717, 1.165) is 0 Å². The summed E-state index contributed by atoms with van der Waals surface area (Å²) in [7, 11) is 0. The van der Waals surface area contributed by atoms with E-state index in [4.69, 9.17) is 0 Å². The maximum atomic E-state index is 10.4. The van der Waals surface area contributed by atoms with Crippen LogP contribution in [0.5, 0.6) is 0 Å². The molecule has 0 aliphatic rings. The monoisotopic (exact) mass is 484 g/mol. The van der Waals surface area contributed by atoms with Gasteiger partial charge in [-0.15, -0.1) is 0 Å².